The highest BCUT2D eigenvalue weighted by atomic mass is 35.5. The van der Waals surface area contributed by atoms with Crippen molar-refractivity contribution >= 4 is 34.0 Å². The average Bonchev–Trinajstić information content (AvgIpc) is 2.43. The Hall–Kier alpha value is -1.41. The van der Waals surface area contributed by atoms with E-state index < -0.39 is 16.6 Å². The van der Waals surface area contributed by atoms with Crippen LogP contribution in [0.25, 0.3) is 0 Å². The van der Waals surface area contributed by atoms with Gasteiger partial charge < -0.3 is 0 Å². The largest absolute Gasteiger partial charge is 0.254 e. The number of nitriles is 1. The molecule has 102 valence electrons. The summed E-state index contributed by atoms with van der Waals surface area (Å²) < 4.78 is 25.9. The van der Waals surface area contributed by atoms with Crippen molar-refractivity contribution in [3.05, 3.63) is 63.4 Å². The van der Waals surface area contributed by atoms with Crippen molar-refractivity contribution in [2.75, 3.05) is 0 Å². The van der Waals surface area contributed by atoms with Crippen LogP contribution in [0.3, 0.4) is 0 Å². The number of nitrogens with zero attached hydrogens (tertiary/aromatic N) is 1. The van der Waals surface area contributed by atoms with Crippen LogP contribution in [0.1, 0.15) is 11.1 Å². The standard InChI is InChI=1S/C14H8Cl2FNOS/c15-11-2-3-12(16)14(6-11)20(19)8-10-5-9(7-18)1-4-13(10)17/h1-6H,8H2. The monoisotopic (exact) mass is 327 g/mol. The van der Waals surface area contributed by atoms with E-state index in [4.69, 9.17) is 28.5 Å². The van der Waals surface area contributed by atoms with Crippen molar-refractivity contribution in [2.45, 2.75) is 10.6 Å². The van der Waals surface area contributed by atoms with Gasteiger partial charge in [-0.05, 0) is 36.4 Å². The van der Waals surface area contributed by atoms with Gasteiger partial charge in [-0.3, -0.25) is 4.21 Å². The molecule has 20 heavy (non-hydrogen) atoms. The highest BCUT2D eigenvalue weighted by Crippen LogP contribution is 2.26. The summed E-state index contributed by atoms with van der Waals surface area (Å²) in [7, 11) is -1.54. The van der Waals surface area contributed by atoms with Crippen LogP contribution in [0.4, 0.5) is 4.39 Å². The van der Waals surface area contributed by atoms with Gasteiger partial charge >= 0.3 is 0 Å². The molecule has 0 spiro atoms. The lowest BCUT2D eigenvalue weighted by Crippen LogP contribution is -2.00. The Morgan fingerprint density at radius 3 is 2.65 bits per heavy atom. The fourth-order valence-corrected chi connectivity index (χ4v) is 3.44. The van der Waals surface area contributed by atoms with Gasteiger partial charge in [0.15, 0.2) is 0 Å². The maximum Gasteiger partial charge on any atom is 0.127 e. The first-order valence-corrected chi connectivity index (χ1v) is 7.60. The lowest BCUT2D eigenvalue weighted by atomic mass is 10.1. The van der Waals surface area contributed by atoms with Crippen molar-refractivity contribution < 1.29 is 8.60 Å². The molecule has 0 amide bonds. The Morgan fingerprint density at radius 1 is 1.20 bits per heavy atom. The molecule has 0 radical (unpaired) electrons. The molecule has 0 aromatic heterocycles. The average molecular weight is 328 g/mol. The molecular weight excluding hydrogens is 320 g/mol. The smallest absolute Gasteiger partial charge is 0.127 e. The third kappa shape index (κ3) is 3.37. The first-order chi connectivity index (χ1) is 9.51. The van der Waals surface area contributed by atoms with E-state index >= 15 is 0 Å². The van der Waals surface area contributed by atoms with E-state index in [9.17, 15) is 8.60 Å². The maximum atomic E-state index is 13.7. The fourth-order valence-electron chi connectivity index (χ4n) is 1.63. The highest BCUT2D eigenvalue weighted by molar-refractivity contribution is 7.84. The van der Waals surface area contributed by atoms with Crippen LogP contribution in [0, 0.1) is 17.1 Å². The van der Waals surface area contributed by atoms with E-state index in [-0.39, 0.29) is 11.3 Å². The molecule has 0 saturated carbocycles. The van der Waals surface area contributed by atoms with E-state index in [0.29, 0.717) is 20.5 Å². The lowest BCUT2D eigenvalue weighted by Gasteiger charge is -2.07. The van der Waals surface area contributed by atoms with Gasteiger partial charge in [0.2, 0.25) is 0 Å². The third-order valence-corrected chi connectivity index (χ3v) is 4.68. The summed E-state index contributed by atoms with van der Waals surface area (Å²) in [4.78, 5) is 0.348. The van der Waals surface area contributed by atoms with Crippen molar-refractivity contribution in [1.82, 2.24) is 0 Å². The normalized spacial score (nSPS) is 11.9. The van der Waals surface area contributed by atoms with Crippen molar-refractivity contribution in [3.63, 3.8) is 0 Å². The molecule has 6 heteroatoms. The van der Waals surface area contributed by atoms with Crippen LogP contribution in [0.2, 0.25) is 10.0 Å². The second-order valence-electron chi connectivity index (χ2n) is 3.98. The number of hydrogen-bond acceptors (Lipinski definition) is 2. The van der Waals surface area contributed by atoms with Crippen LogP contribution < -0.4 is 0 Å². The van der Waals surface area contributed by atoms with Crippen LogP contribution in [-0.2, 0) is 16.6 Å². The van der Waals surface area contributed by atoms with E-state index in [0.717, 1.165) is 0 Å². The molecule has 0 saturated heterocycles. The molecule has 0 bridgehead atoms. The third-order valence-electron chi connectivity index (χ3n) is 2.60. The number of rotatable bonds is 3. The zero-order chi connectivity index (χ0) is 14.7. The molecule has 0 aliphatic carbocycles. The van der Waals surface area contributed by atoms with Gasteiger partial charge in [0.25, 0.3) is 0 Å². The predicted molar refractivity (Wildman–Crippen MR) is 77.7 cm³/mol. The second-order valence-corrected chi connectivity index (χ2v) is 6.25. The molecule has 0 heterocycles. The van der Waals surface area contributed by atoms with E-state index in [1.54, 1.807) is 12.1 Å². The summed E-state index contributed by atoms with van der Waals surface area (Å²) in [6.45, 7) is 0. The Kier molecular flexibility index (Phi) is 4.77. The van der Waals surface area contributed by atoms with Gasteiger partial charge in [0.05, 0.1) is 38.1 Å². The van der Waals surface area contributed by atoms with Gasteiger partial charge in [-0.25, -0.2) is 4.39 Å². The first kappa shape index (κ1) is 15.0. The summed E-state index contributed by atoms with van der Waals surface area (Å²) in [5, 5.41) is 9.51. The van der Waals surface area contributed by atoms with Crippen molar-refractivity contribution in [2.24, 2.45) is 0 Å². The SMILES string of the molecule is N#Cc1ccc(F)c(CS(=O)c2cc(Cl)ccc2Cl)c1. The minimum absolute atomic E-state index is 0.0680. The van der Waals surface area contributed by atoms with E-state index in [1.807, 2.05) is 6.07 Å². The van der Waals surface area contributed by atoms with Crippen molar-refractivity contribution in [3.8, 4) is 6.07 Å². The molecule has 1 atom stereocenters. The van der Waals surface area contributed by atoms with Crippen LogP contribution in [0.5, 0.6) is 0 Å². The predicted octanol–water partition coefficient (Wildman–Crippen LogP) is 4.31. The molecule has 0 aliphatic heterocycles. The summed E-state index contributed by atoms with van der Waals surface area (Å²) in [6.07, 6.45) is 0. The molecule has 0 fully saturated rings. The second kappa shape index (κ2) is 6.36. The Bertz CT molecular complexity index is 728. The fraction of sp³-hybridized carbons (Fsp3) is 0.0714. The summed E-state index contributed by atoms with van der Waals surface area (Å²) in [6, 6.07) is 10.5. The minimum atomic E-state index is -1.54. The highest BCUT2D eigenvalue weighted by Gasteiger charge is 2.13. The van der Waals surface area contributed by atoms with Crippen molar-refractivity contribution in [1.29, 1.82) is 5.26 Å². The molecular formula is C14H8Cl2FNOS. The zero-order valence-corrected chi connectivity index (χ0v) is 12.4. The quantitative estimate of drug-likeness (QED) is 0.842. The van der Waals surface area contributed by atoms with Gasteiger partial charge in [0, 0.05) is 10.6 Å². The summed E-state index contributed by atoms with van der Waals surface area (Å²) in [5.74, 6) is -0.572. The summed E-state index contributed by atoms with van der Waals surface area (Å²) in [5.41, 5.74) is 0.522. The Balaban J connectivity index is 2.33. The Morgan fingerprint density at radius 2 is 1.95 bits per heavy atom. The van der Waals surface area contributed by atoms with E-state index in [2.05, 4.69) is 0 Å². The van der Waals surface area contributed by atoms with Gasteiger partial charge in [-0.15, -0.1) is 0 Å². The first-order valence-electron chi connectivity index (χ1n) is 5.53. The lowest BCUT2D eigenvalue weighted by molar-refractivity contribution is 0.615. The minimum Gasteiger partial charge on any atom is -0.254 e. The molecule has 2 aromatic rings. The molecule has 2 nitrogen and oxygen atoms in total. The van der Waals surface area contributed by atoms with Gasteiger partial charge in [-0.1, -0.05) is 23.2 Å². The van der Waals surface area contributed by atoms with Gasteiger partial charge in [0.1, 0.15) is 5.82 Å². The molecule has 1 unspecified atom stereocenters. The number of benzene rings is 2. The molecule has 2 rings (SSSR count). The van der Waals surface area contributed by atoms with Crippen LogP contribution in [-0.4, -0.2) is 4.21 Å². The maximum absolute atomic E-state index is 13.7. The molecule has 0 N–H and O–H groups in total. The summed E-state index contributed by atoms with van der Waals surface area (Å²) >= 11 is 11.8. The van der Waals surface area contributed by atoms with Crippen LogP contribution in [0.15, 0.2) is 41.3 Å². The topological polar surface area (TPSA) is 40.9 Å². The molecule has 0 aliphatic rings. The molecule has 2 aromatic carbocycles. The van der Waals surface area contributed by atoms with Crippen LogP contribution >= 0.6 is 23.2 Å². The number of halogens is 3. The Labute approximate surface area is 128 Å². The van der Waals surface area contributed by atoms with E-state index in [1.165, 1.54) is 24.3 Å². The van der Waals surface area contributed by atoms with Gasteiger partial charge in [-0.2, -0.15) is 5.26 Å². The zero-order valence-electron chi connectivity index (χ0n) is 10.1. The number of hydrogen-bond donors (Lipinski definition) is 0.